The molecule has 0 spiro atoms. The molecule has 35 heavy (non-hydrogen) atoms. The van der Waals surface area contributed by atoms with Crippen LogP contribution in [-0.4, -0.2) is 46.6 Å². The van der Waals surface area contributed by atoms with Crippen molar-refractivity contribution in [3.05, 3.63) is 50.4 Å². The molecule has 6 heteroatoms. The van der Waals surface area contributed by atoms with Gasteiger partial charge in [0.25, 0.3) is 0 Å². The molecule has 5 nitrogen and oxygen atoms in total. The number of benzene rings is 1. The third-order valence-electron chi connectivity index (χ3n) is 9.06. The Morgan fingerprint density at radius 1 is 1.20 bits per heavy atom. The number of phenols is 1. The van der Waals surface area contributed by atoms with Gasteiger partial charge in [-0.3, -0.25) is 9.80 Å². The molecule has 1 aromatic carbocycles. The van der Waals surface area contributed by atoms with Crippen molar-refractivity contribution in [3.63, 3.8) is 0 Å². The first-order valence-electron chi connectivity index (χ1n) is 13.7. The average Bonchev–Trinajstić information content (AvgIpc) is 2.86. The van der Waals surface area contributed by atoms with Crippen LogP contribution in [0.5, 0.6) is 5.75 Å². The molecule has 0 unspecified atom stereocenters. The number of phenolic OH excluding ortho intramolecular Hbond substituents is 1. The Labute approximate surface area is 212 Å². The van der Waals surface area contributed by atoms with E-state index in [2.05, 4.69) is 22.8 Å². The van der Waals surface area contributed by atoms with E-state index in [1.54, 1.807) is 17.7 Å². The van der Waals surface area contributed by atoms with Crippen LogP contribution in [0, 0.1) is 11.8 Å². The van der Waals surface area contributed by atoms with Gasteiger partial charge < -0.3 is 9.52 Å². The first-order valence-corrected chi connectivity index (χ1v) is 14.1. The number of unbranched alkanes of at least 4 members (excludes halogenated alkanes) is 1. The van der Waals surface area contributed by atoms with Gasteiger partial charge in [-0.15, -0.1) is 0 Å². The number of aromatic hydroxyl groups is 1. The predicted molar refractivity (Wildman–Crippen MR) is 140 cm³/mol. The zero-order valence-electron chi connectivity index (χ0n) is 20.8. The second-order valence-corrected chi connectivity index (χ2v) is 11.6. The lowest BCUT2D eigenvalue weighted by molar-refractivity contribution is -0.00274. The summed E-state index contributed by atoms with van der Waals surface area (Å²) in [5.74, 6) is 1.37. The number of piperidine rings is 3. The van der Waals surface area contributed by atoms with Gasteiger partial charge in [-0.2, -0.15) is 0 Å². The minimum atomic E-state index is -0.352. The van der Waals surface area contributed by atoms with Crippen LogP contribution in [0.1, 0.15) is 69.4 Å². The Morgan fingerprint density at radius 3 is 2.94 bits per heavy atom. The van der Waals surface area contributed by atoms with E-state index in [0.29, 0.717) is 40.6 Å². The van der Waals surface area contributed by atoms with Crippen molar-refractivity contribution in [3.8, 4) is 5.75 Å². The topological polar surface area (TPSA) is 56.9 Å². The maximum Gasteiger partial charge on any atom is 0.336 e. The molecule has 3 fully saturated rings. The van der Waals surface area contributed by atoms with Crippen molar-refractivity contribution >= 4 is 22.6 Å². The van der Waals surface area contributed by atoms with Crippen LogP contribution in [0.15, 0.2) is 33.0 Å². The van der Waals surface area contributed by atoms with Gasteiger partial charge in [-0.05, 0) is 81.5 Å². The summed E-state index contributed by atoms with van der Waals surface area (Å²) >= 11 is 6.55. The molecule has 0 radical (unpaired) electrons. The molecule has 1 N–H and O–H groups in total. The van der Waals surface area contributed by atoms with Gasteiger partial charge in [0.2, 0.25) is 0 Å². The van der Waals surface area contributed by atoms with Crippen molar-refractivity contribution in [2.45, 2.75) is 83.3 Å². The molecule has 4 aliphatic rings. The van der Waals surface area contributed by atoms with Crippen molar-refractivity contribution in [1.29, 1.82) is 0 Å². The van der Waals surface area contributed by atoms with Gasteiger partial charge in [0.05, 0.1) is 10.6 Å². The molecule has 2 bridgehead atoms. The Balaban J connectivity index is 1.37. The summed E-state index contributed by atoms with van der Waals surface area (Å²) in [6.07, 6.45) is 13.1. The van der Waals surface area contributed by atoms with E-state index < -0.39 is 0 Å². The van der Waals surface area contributed by atoms with E-state index in [9.17, 15) is 9.90 Å². The lowest BCUT2D eigenvalue weighted by atomic mass is 9.68. The molecule has 0 amide bonds. The first kappa shape index (κ1) is 23.6. The molecular weight excluding hydrogens is 460 g/mol. The lowest BCUT2D eigenvalue weighted by Gasteiger charge is -2.54. The van der Waals surface area contributed by atoms with E-state index in [4.69, 9.17) is 16.0 Å². The van der Waals surface area contributed by atoms with E-state index in [1.807, 2.05) is 0 Å². The minimum Gasteiger partial charge on any atom is -0.506 e. The zero-order valence-corrected chi connectivity index (χ0v) is 21.5. The van der Waals surface area contributed by atoms with Gasteiger partial charge in [0.15, 0.2) is 0 Å². The first-order chi connectivity index (χ1) is 17.0. The molecule has 4 atom stereocenters. The molecular formula is C29H37ClN2O3. The van der Waals surface area contributed by atoms with Gasteiger partial charge in [0.1, 0.15) is 11.3 Å². The van der Waals surface area contributed by atoms with Crippen LogP contribution in [0.25, 0.3) is 11.0 Å². The summed E-state index contributed by atoms with van der Waals surface area (Å²) < 4.78 is 5.76. The van der Waals surface area contributed by atoms with Crippen LogP contribution < -0.4 is 5.63 Å². The van der Waals surface area contributed by atoms with Crippen LogP contribution in [0.3, 0.4) is 0 Å². The number of hydrogen-bond acceptors (Lipinski definition) is 5. The van der Waals surface area contributed by atoms with E-state index in [-0.39, 0.29) is 11.4 Å². The Hall–Kier alpha value is -1.82. The highest BCUT2D eigenvalue weighted by molar-refractivity contribution is 6.33. The smallest absolute Gasteiger partial charge is 0.336 e. The second-order valence-electron chi connectivity index (χ2n) is 11.2. The van der Waals surface area contributed by atoms with E-state index >= 15 is 0 Å². The number of aryl methyl sites for hydroxylation is 1. The SMILES string of the molecule is CCCCc1cc(=O)oc2c(CN3CCCC4=C[C@H]5C[C@@H](CN6CCCC[C@H]56)[C@@H]43)c(O)c(Cl)cc12. The molecule has 0 saturated carbocycles. The minimum absolute atomic E-state index is 0.0551. The Bertz CT molecular complexity index is 1200. The molecule has 1 aromatic heterocycles. The van der Waals surface area contributed by atoms with Gasteiger partial charge >= 0.3 is 5.63 Å². The number of halogens is 1. The van der Waals surface area contributed by atoms with Crippen molar-refractivity contribution in [2.24, 2.45) is 11.8 Å². The van der Waals surface area contributed by atoms with E-state index in [0.717, 1.165) is 49.2 Å². The highest BCUT2D eigenvalue weighted by atomic mass is 35.5. The van der Waals surface area contributed by atoms with Crippen molar-refractivity contribution in [2.75, 3.05) is 19.6 Å². The molecule has 4 heterocycles. The van der Waals surface area contributed by atoms with Crippen LogP contribution in [0.4, 0.5) is 0 Å². The Kier molecular flexibility index (Phi) is 6.44. The fourth-order valence-corrected chi connectivity index (χ4v) is 7.79. The maximum absolute atomic E-state index is 12.5. The van der Waals surface area contributed by atoms with Gasteiger partial charge in [-0.1, -0.05) is 43.0 Å². The molecule has 3 saturated heterocycles. The average molecular weight is 497 g/mol. The highest BCUT2D eigenvalue weighted by Crippen LogP contribution is 2.46. The third-order valence-corrected chi connectivity index (χ3v) is 9.35. The number of rotatable bonds is 5. The van der Waals surface area contributed by atoms with Gasteiger partial charge in [0, 0.05) is 36.6 Å². The second kappa shape index (κ2) is 9.57. The monoisotopic (exact) mass is 496 g/mol. The van der Waals surface area contributed by atoms with Crippen LogP contribution in [-0.2, 0) is 13.0 Å². The molecule has 3 aliphatic heterocycles. The fourth-order valence-electron chi connectivity index (χ4n) is 7.57. The Morgan fingerprint density at radius 2 is 2.09 bits per heavy atom. The lowest BCUT2D eigenvalue weighted by Crippen LogP contribution is -2.59. The standard InChI is InChI=1S/C29H37ClN2O3/c1-2-3-7-18-14-26(33)35-29-22(18)15-24(30)28(34)23(29)17-32-11-6-8-19-12-20-13-21(27(19)32)16-31-10-5-4-9-25(20)31/h12,14-15,20-21,25,27,34H,2-11,13,16-17H2,1H3/t20-,21-,25+,27+/m0/s1. The summed E-state index contributed by atoms with van der Waals surface area (Å²) in [4.78, 5) is 17.8. The quantitative estimate of drug-likeness (QED) is 0.413. The summed E-state index contributed by atoms with van der Waals surface area (Å²) in [5, 5.41) is 12.3. The summed E-state index contributed by atoms with van der Waals surface area (Å²) in [6, 6.07) is 4.50. The number of nitrogens with zero attached hydrogens (tertiary/aromatic N) is 2. The fraction of sp³-hybridized carbons (Fsp3) is 0.621. The molecule has 6 rings (SSSR count). The summed E-state index contributed by atoms with van der Waals surface area (Å²) in [5.41, 5.74) is 3.38. The zero-order chi connectivity index (χ0) is 24.1. The summed E-state index contributed by atoms with van der Waals surface area (Å²) in [6.45, 7) is 6.10. The van der Waals surface area contributed by atoms with Crippen LogP contribution in [0.2, 0.25) is 5.02 Å². The summed E-state index contributed by atoms with van der Waals surface area (Å²) in [7, 11) is 0. The molecule has 1 aliphatic carbocycles. The van der Waals surface area contributed by atoms with E-state index in [1.165, 1.54) is 45.2 Å². The highest BCUT2D eigenvalue weighted by Gasteiger charge is 2.46. The molecule has 2 aromatic rings. The third kappa shape index (κ3) is 4.24. The number of hydrogen-bond donors (Lipinski definition) is 1. The molecule has 188 valence electrons. The predicted octanol–water partition coefficient (Wildman–Crippen LogP) is 5.89. The van der Waals surface area contributed by atoms with Gasteiger partial charge in [-0.25, -0.2) is 4.79 Å². The normalized spacial score (nSPS) is 29.0. The van der Waals surface area contributed by atoms with Crippen molar-refractivity contribution < 1.29 is 9.52 Å². The number of likely N-dealkylation sites (tertiary alicyclic amines) is 1. The number of fused-ring (bicyclic) bond motifs is 7. The largest absolute Gasteiger partial charge is 0.506 e. The van der Waals surface area contributed by atoms with Crippen LogP contribution >= 0.6 is 11.6 Å². The van der Waals surface area contributed by atoms with Crippen molar-refractivity contribution in [1.82, 2.24) is 9.80 Å². The maximum atomic E-state index is 12.5.